The molecule has 1 aromatic rings. The molecule has 0 saturated heterocycles. The van der Waals surface area contributed by atoms with Crippen LogP contribution in [0.3, 0.4) is 0 Å². The monoisotopic (exact) mass is 287 g/mol. The summed E-state index contributed by atoms with van der Waals surface area (Å²) in [7, 11) is 1.59. The number of carbonyl (C=O) groups is 1. The van der Waals surface area contributed by atoms with E-state index in [2.05, 4.69) is 18.8 Å². The number of carbonyl (C=O) groups excluding carboxylic acids is 1. The van der Waals surface area contributed by atoms with E-state index in [-0.39, 0.29) is 11.3 Å². The molecule has 0 unspecified atom stereocenters. The molecule has 0 spiro atoms. The molecule has 1 N–H and O–H groups in total. The van der Waals surface area contributed by atoms with Gasteiger partial charge in [-0.2, -0.15) is 0 Å². The van der Waals surface area contributed by atoms with Gasteiger partial charge in [0.2, 0.25) is 0 Å². The maximum Gasteiger partial charge on any atom is 0.255 e. The molecule has 0 bridgehead atoms. The number of rotatable bonds is 5. The molecule has 0 radical (unpaired) electrons. The van der Waals surface area contributed by atoms with Gasteiger partial charge in [-0.05, 0) is 31.9 Å². The number of methoxy groups -OCH3 is 1. The SMILES string of the molecule is C=C(C)C1(CNC(=O)c2ccccc2OC)CCCCC1. The lowest BCUT2D eigenvalue weighted by molar-refractivity contribution is 0.0923. The number of para-hydroxylation sites is 1. The maximum absolute atomic E-state index is 12.4. The minimum Gasteiger partial charge on any atom is -0.496 e. The van der Waals surface area contributed by atoms with Crippen LogP contribution in [0.5, 0.6) is 5.75 Å². The van der Waals surface area contributed by atoms with Crippen LogP contribution in [0.1, 0.15) is 49.4 Å². The van der Waals surface area contributed by atoms with E-state index in [4.69, 9.17) is 4.74 Å². The number of hydrogen-bond donors (Lipinski definition) is 1. The fraction of sp³-hybridized carbons (Fsp3) is 0.500. The average molecular weight is 287 g/mol. The Kier molecular flexibility index (Phi) is 5.05. The van der Waals surface area contributed by atoms with Gasteiger partial charge in [-0.15, -0.1) is 0 Å². The number of benzene rings is 1. The van der Waals surface area contributed by atoms with Crippen LogP contribution in [0.15, 0.2) is 36.4 Å². The van der Waals surface area contributed by atoms with Crippen molar-refractivity contribution in [1.82, 2.24) is 5.32 Å². The zero-order valence-corrected chi connectivity index (χ0v) is 13.1. The molecular formula is C18H25NO2. The normalized spacial score (nSPS) is 17.0. The minimum atomic E-state index is -0.0707. The Labute approximate surface area is 127 Å². The van der Waals surface area contributed by atoms with Crippen molar-refractivity contribution < 1.29 is 9.53 Å². The number of nitrogens with one attached hydrogen (secondary N) is 1. The molecule has 0 heterocycles. The van der Waals surface area contributed by atoms with E-state index in [1.807, 2.05) is 18.2 Å². The molecule has 1 amide bonds. The number of amides is 1. The average Bonchev–Trinajstić information content (AvgIpc) is 2.53. The van der Waals surface area contributed by atoms with Crippen LogP contribution in [0.25, 0.3) is 0 Å². The first-order valence-corrected chi connectivity index (χ1v) is 7.66. The molecule has 2 rings (SSSR count). The largest absolute Gasteiger partial charge is 0.496 e. The van der Waals surface area contributed by atoms with Crippen molar-refractivity contribution in [2.24, 2.45) is 5.41 Å². The fourth-order valence-corrected chi connectivity index (χ4v) is 3.16. The van der Waals surface area contributed by atoms with Crippen molar-refractivity contribution in [2.75, 3.05) is 13.7 Å². The summed E-state index contributed by atoms with van der Waals surface area (Å²) < 4.78 is 5.25. The van der Waals surface area contributed by atoms with Gasteiger partial charge in [0.15, 0.2) is 0 Å². The van der Waals surface area contributed by atoms with Gasteiger partial charge < -0.3 is 10.1 Å². The van der Waals surface area contributed by atoms with Gasteiger partial charge in [-0.3, -0.25) is 4.79 Å². The number of ether oxygens (including phenoxy) is 1. The summed E-state index contributed by atoms with van der Waals surface area (Å²) in [6.45, 7) is 6.91. The summed E-state index contributed by atoms with van der Waals surface area (Å²) in [6, 6.07) is 7.32. The van der Waals surface area contributed by atoms with Crippen molar-refractivity contribution in [3.05, 3.63) is 42.0 Å². The predicted molar refractivity (Wildman–Crippen MR) is 85.7 cm³/mol. The summed E-state index contributed by atoms with van der Waals surface area (Å²) >= 11 is 0. The lowest BCUT2D eigenvalue weighted by Gasteiger charge is -2.38. The van der Waals surface area contributed by atoms with Gasteiger partial charge >= 0.3 is 0 Å². The highest BCUT2D eigenvalue weighted by molar-refractivity contribution is 5.96. The van der Waals surface area contributed by atoms with Gasteiger partial charge in [-0.25, -0.2) is 0 Å². The Morgan fingerprint density at radius 2 is 1.95 bits per heavy atom. The molecule has 1 aliphatic rings. The van der Waals surface area contributed by atoms with E-state index in [0.29, 0.717) is 17.9 Å². The Morgan fingerprint density at radius 1 is 1.29 bits per heavy atom. The van der Waals surface area contributed by atoms with E-state index in [9.17, 15) is 4.79 Å². The first kappa shape index (κ1) is 15.6. The summed E-state index contributed by atoms with van der Waals surface area (Å²) in [4.78, 5) is 12.4. The molecule has 114 valence electrons. The summed E-state index contributed by atoms with van der Waals surface area (Å²) in [5.41, 5.74) is 1.84. The van der Waals surface area contributed by atoms with Gasteiger partial charge in [0.1, 0.15) is 5.75 Å². The Morgan fingerprint density at radius 3 is 2.57 bits per heavy atom. The molecule has 1 aromatic carbocycles. The van der Waals surface area contributed by atoms with Crippen LogP contribution in [0.4, 0.5) is 0 Å². The van der Waals surface area contributed by atoms with E-state index in [1.165, 1.54) is 24.8 Å². The van der Waals surface area contributed by atoms with E-state index in [0.717, 1.165) is 12.8 Å². The van der Waals surface area contributed by atoms with Crippen LogP contribution < -0.4 is 10.1 Å². The van der Waals surface area contributed by atoms with Crippen LogP contribution >= 0.6 is 0 Å². The lowest BCUT2D eigenvalue weighted by atomic mass is 9.70. The topological polar surface area (TPSA) is 38.3 Å². The second-order valence-corrected chi connectivity index (χ2v) is 6.00. The van der Waals surface area contributed by atoms with Crippen molar-refractivity contribution in [3.8, 4) is 5.75 Å². The minimum absolute atomic E-state index is 0.0654. The molecule has 1 aliphatic carbocycles. The zero-order valence-electron chi connectivity index (χ0n) is 13.1. The highest BCUT2D eigenvalue weighted by Gasteiger charge is 2.33. The molecular weight excluding hydrogens is 262 g/mol. The molecule has 3 heteroatoms. The standard InChI is InChI=1S/C18H25NO2/c1-14(2)18(11-7-4-8-12-18)13-19-17(20)15-9-5-6-10-16(15)21-3/h5-6,9-10H,1,4,7-8,11-13H2,2-3H3,(H,19,20). The first-order valence-electron chi connectivity index (χ1n) is 7.66. The van der Waals surface area contributed by atoms with Crippen LogP contribution in [0, 0.1) is 5.41 Å². The van der Waals surface area contributed by atoms with Crippen LogP contribution in [-0.2, 0) is 0 Å². The van der Waals surface area contributed by atoms with Crippen LogP contribution in [0.2, 0.25) is 0 Å². The molecule has 0 aliphatic heterocycles. The van der Waals surface area contributed by atoms with E-state index < -0.39 is 0 Å². The second kappa shape index (κ2) is 6.79. The zero-order chi connectivity index (χ0) is 15.3. The van der Waals surface area contributed by atoms with E-state index in [1.54, 1.807) is 13.2 Å². The van der Waals surface area contributed by atoms with Crippen molar-refractivity contribution in [2.45, 2.75) is 39.0 Å². The first-order chi connectivity index (χ1) is 10.1. The Hall–Kier alpha value is -1.77. The summed E-state index contributed by atoms with van der Waals surface area (Å²) in [5.74, 6) is 0.543. The summed E-state index contributed by atoms with van der Waals surface area (Å²) in [5, 5.41) is 3.09. The fourth-order valence-electron chi connectivity index (χ4n) is 3.16. The number of hydrogen-bond acceptors (Lipinski definition) is 2. The molecule has 21 heavy (non-hydrogen) atoms. The molecule has 0 aromatic heterocycles. The predicted octanol–water partition coefficient (Wildman–Crippen LogP) is 3.95. The Bertz CT molecular complexity index is 516. The second-order valence-electron chi connectivity index (χ2n) is 6.00. The highest BCUT2D eigenvalue weighted by Crippen LogP contribution is 2.41. The van der Waals surface area contributed by atoms with Crippen molar-refractivity contribution >= 4 is 5.91 Å². The van der Waals surface area contributed by atoms with Gasteiger partial charge in [0.05, 0.1) is 12.7 Å². The van der Waals surface area contributed by atoms with Crippen molar-refractivity contribution in [3.63, 3.8) is 0 Å². The Balaban J connectivity index is 2.07. The molecule has 3 nitrogen and oxygen atoms in total. The smallest absolute Gasteiger partial charge is 0.255 e. The summed E-state index contributed by atoms with van der Waals surface area (Å²) in [6.07, 6.45) is 5.97. The van der Waals surface area contributed by atoms with Gasteiger partial charge in [0.25, 0.3) is 5.91 Å². The van der Waals surface area contributed by atoms with Gasteiger partial charge in [0, 0.05) is 12.0 Å². The molecule has 1 saturated carbocycles. The third-order valence-electron chi connectivity index (χ3n) is 4.65. The highest BCUT2D eigenvalue weighted by atomic mass is 16.5. The molecule has 1 fully saturated rings. The van der Waals surface area contributed by atoms with Gasteiger partial charge in [-0.1, -0.05) is 43.5 Å². The maximum atomic E-state index is 12.4. The quantitative estimate of drug-likeness (QED) is 0.833. The van der Waals surface area contributed by atoms with E-state index >= 15 is 0 Å². The molecule has 0 atom stereocenters. The van der Waals surface area contributed by atoms with Crippen molar-refractivity contribution in [1.29, 1.82) is 0 Å². The lowest BCUT2D eigenvalue weighted by Crippen LogP contribution is -2.39. The van der Waals surface area contributed by atoms with Crippen LogP contribution in [-0.4, -0.2) is 19.6 Å². The third-order valence-corrected chi connectivity index (χ3v) is 4.65. The third kappa shape index (κ3) is 3.46.